The molecule has 0 fully saturated rings. The third-order valence-electron chi connectivity index (χ3n) is 1.58. The van der Waals surface area contributed by atoms with Gasteiger partial charge in [-0.3, -0.25) is 0 Å². The second kappa shape index (κ2) is 3.70. The quantitative estimate of drug-likeness (QED) is 0.717. The largest absolute Gasteiger partial charge is 0.459 e. The lowest BCUT2D eigenvalue weighted by Crippen LogP contribution is -1.69. The van der Waals surface area contributed by atoms with Crippen molar-refractivity contribution >= 4 is 46.4 Å². The minimum atomic E-state index is 0.0131. The van der Waals surface area contributed by atoms with Crippen LogP contribution in [0.15, 0.2) is 21.2 Å². The van der Waals surface area contributed by atoms with Crippen molar-refractivity contribution in [3.63, 3.8) is 0 Å². The summed E-state index contributed by atoms with van der Waals surface area (Å²) in [5.74, 6) is 0.544. The number of hydrogen-bond acceptors (Lipinski definition) is 2. The van der Waals surface area contributed by atoms with Gasteiger partial charge in [0.2, 0.25) is 5.22 Å². The third kappa shape index (κ3) is 1.52. The van der Waals surface area contributed by atoms with Crippen molar-refractivity contribution in [2.45, 2.75) is 0 Å². The normalized spacial score (nSPS) is 10.9. The molecule has 0 bridgehead atoms. The summed E-state index contributed by atoms with van der Waals surface area (Å²) in [6.45, 7) is 0. The molecule has 2 aromatic rings. The van der Waals surface area contributed by atoms with Crippen LogP contribution in [0.2, 0.25) is 20.3 Å². The molecule has 0 saturated carbocycles. The van der Waals surface area contributed by atoms with Crippen LogP contribution in [0.1, 0.15) is 0 Å². The van der Waals surface area contributed by atoms with Crippen molar-refractivity contribution in [2.24, 2.45) is 0 Å². The van der Waals surface area contributed by atoms with E-state index in [4.69, 9.17) is 55.2 Å². The van der Waals surface area contributed by atoms with Crippen LogP contribution >= 0.6 is 46.4 Å². The molecule has 0 aliphatic carbocycles. The van der Waals surface area contributed by atoms with Crippen molar-refractivity contribution in [1.82, 2.24) is 0 Å². The van der Waals surface area contributed by atoms with Crippen LogP contribution in [0.25, 0.3) is 11.5 Å². The maximum atomic E-state index is 5.85. The lowest BCUT2D eigenvalue weighted by molar-refractivity contribution is 0.525. The van der Waals surface area contributed by atoms with E-state index in [1.54, 1.807) is 6.07 Å². The predicted octanol–water partition coefficient (Wildman–Crippen LogP) is 5.15. The van der Waals surface area contributed by atoms with Gasteiger partial charge in [-0.1, -0.05) is 34.8 Å². The highest BCUT2D eigenvalue weighted by Gasteiger charge is 2.21. The fourth-order valence-electron chi connectivity index (χ4n) is 0.967. The van der Waals surface area contributed by atoms with E-state index in [0.29, 0.717) is 10.8 Å². The topological polar surface area (TPSA) is 26.3 Å². The molecule has 0 aliphatic heterocycles. The molecule has 0 radical (unpaired) electrons. The van der Waals surface area contributed by atoms with Gasteiger partial charge in [0.25, 0.3) is 0 Å². The summed E-state index contributed by atoms with van der Waals surface area (Å²) in [5, 5.41) is 0.734. The van der Waals surface area contributed by atoms with Gasteiger partial charge in [0, 0.05) is 0 Å². The van der Waals surface area contributed by atoms with E-state index in [0.717, 1.165) is 0 Å². The number of hydrogen-bond donors (Lipinski definition) is 0. The van der Waals surface area contributed by atoms with E-state index < -0.39 is 0 Å². The molecule has 2 aromatic heterocycles. The maximum absolute atomic E-state index is 5.85. The van der Waals surface area contributed by atoms with Gasteiger partial charge in [0.15, 0.2) is 11.5 Å². The van der Waals surface area contributed by atoms with Gasteiger partial charge in [-0.2, -0.15) is 0 Å². The highest BCUT2D eigenvalue weighted by Crippen LogP contribution is 2.43. The number of halogens is 4. The predicted molar refractivity (Wildman–Crippen MR) is 56.5 cm³/mol. The smallest absolute Gasteiger partial charge is 0.214 e. The van der Waals surface area contributed by atoms with Gasteiger partial charge in [-0.05, 0) is 17.7 Å². The Hall–Kier alpha value is -0.280. The molecule has 2 nitrogen and oxygen atoms in total. The van der Waals surface area contributed by atoms with Crippen molar-refractivity contribution in [3.05, 3.63) is 32.6 Å². The fourth-order valence-corrected chi connectivity index (χ4v) is 1.70. The monoisotopic (exact) mass is 270 g/mol. The first-order chi connectivity index (χ1) is 6.61. The van der Waals surface area contributed by atoms with E-state index in [1.165, 1.54) is 6.26 Å². The summed E-state index contributed by atoms with van der Waals surface area (Å²) >= 11 is 23.0. The minimum Gasteiger partial charge on any atom is -0.459 e. The molecule has 14 heavy (non-hydrogen) atoms. The SMILES string of the molecule is Clc1ccoc1-c1oc(Cl)c(Cl)c1Cl. The summed E-state index contributed by atoms with van der Waals surface area (Å²) < 4.78 is 10.2. The van der Waals surface area contributed by atoms with Gasteiger partial charge >= 0.3 is 0 Å². The molecule has 74 valence electrons. The Labute approximate surface area is 99.3 Å². The number of rotatable bonds is 1. The van der Waals surface area contributed by atoms with Crippen molar-refractivity contribution in [2.75, 3.05) is 0 Å². The standard InChI is InChI=1S/C8H2Cl4O2/c9-3-1-2-13-6(3)7-4(10)5(11)8(12)14-7/h1-2H. The Morgan fingerprint density at radius 1 is 0.929 bits per heavy atom. The first-order valence-corrected chi connectivity index (χ1v) is 4.99. The second-order valence-electron chi connectivity index (χ2n) is 2.43. The van der Waals surface area contributed by atoms with Crippen LogP contribution in [-0.4, -0.2) is 0 Å². The molecule has 0 spiro atoms. The van der Waals surface area contributed by atoms with Crippen LogP contribution < -0.4 is 0 Å². The first-order valence-electron chi connectivity index (χ1n) is 3.48. The zero-order chi connectivity index (χ0) is 10.3. The van der Waals surface area contributed by atoms with E-state index in [2.05, 4.69) is 0 Å². The molecule has 0 aliphatic rings. The molecule has 0 amide bonds. The lowest BCUT2D eigenvalue weighted by atomic mass is 10.3. The van der Waals surface area contributed by atoms with Crippen LogP contribution in [0.5, 0.6) is 0 Å². The zero-order valence-corrected chi connectivity index (χ0v) is 9.51. The highest BCUT2D eigenvalue weighted by atomic mass is 35.5. The second-order valence-corrected chi connectivity index (χ2v) is 3.94. The molecule has 6 heteroatoms. The zero-order valence-electron chi connectivity index (χ0n) is 6.48. The van der Waals surface area contributed by atoms with Crippen molar-refractivity contribution < 1.29 is 8.83 Å². The molecule has 0 atom stereocenters. The summed E-state index contributed by atoms with van der Waals surface area (Å²) in [7, 11) is 0. The molecule has 0 saturated heterocycles. The lowest BCUT2D eigenvalue weighted by Gasteiger charge is -1.91. The molecule has 2 rings (SSSR count). The summed E-state index contributed by atoms with van der Waals surface area (Å²) in [5.41, 5.74) is 0. The van der Waals surface area contributed by atoms with Crippen molar-refractivity contribution in [3.8, 4) is 11.5 Å². The average molecular weight is 272 g/mol. The Morgan fingerprint density at radius 3 is 2.07 bits per heavy atom. The van der Waals surface area contributed by atoms with Crippen molar-refractivity contribution in [1.29, 1.82) is 0 Å². The molecular weight excluding hydrogens is 270 g/mol. The average Bonchev–Trinajstić information content (AvgIpc) is 2.66. The van der Waals surface area contributed by atoms with E-state index in [9.17, 15) is 0 Å². The van der Waals surface area contributed by atoms with Gasteiger partial charge in [0.1, 0.15) is 10.0 Å². The molecular formula is C8H2Cl4O2. The van der Waals surface area contributed by atoms with Crippen LogP contribution in [0, 0.1) is 0 Å². The molecule has 0 aromatic carbocycles. The van der Waals surface area contributed by atoms with Crippen LogP contribution in [0.3, 0.4) is 0 Å². The number of furan rings is 2. The summed E-state index contributed by atoms with van der Waals surface area (Å²) in [6, 6.07) is 1.57. The summed E-state index contributed by atoms with van der Waals surface area (Å²) in [4.78, 5) is 0. The maximum Gasteiger partial charge on any atom is 0.214 e. The Morgan fingerprint density at radius 2 is 1.64 bits per heavy atom. The summed E-state index contributed by atoms with van der Waals surface area (Å²) in [6.07, 6.45) is 1.42. The van der Waals surface area contributed by atoms with E-state index >= 15 is 0 Å². The van der Waals surface area contributed by atoms with Gasteiger partial charge in [0.05, 0.1) is 11.3 Å². The Bertz CT molecular complexity index is 472. The van der Waals surface area contributed by atoms with Gasteiger partial charge in [-0.25, -0.2) is 0 Å². The Kier molecular flexibility index (Phi) is 2.71. The molecule has 2 heterocycles. The van der Waals surface area contributed by atoms with Gasteiger partial charge in [-0.15, -0.1) is 0 Å². The third-order valence-corrected chi connectivity index (χ3v) is 3.06. The highest BCUT2D eigenvalue weighted by molar-refractivity contribution is 6.48. The van der Waals surface area contributed by atoms with Crippen LogP contribution in [0.4, 0.5) is 0 Å². The van der Waals surface area contributed by atoms with Crippen LogP contribution in [-0.2, 0) is 0 Å². The van der Waals surface area contributed by atoms with E-state index in [-0.39, 0.29) is 21.0 Å². The molecule has 0 N–H and O–H groups in total. The first kappa shape index (κ1) is 10.2. The minimum absolute atomic E-state index is 0.0131. The Balaban J connectivity index is 2.63. The fraction of sp³-hybridized carbons (Fsp3) is 0. The van der Waals surface area contributed by atoms with Gasteiger partial charge < -0.3 is 8.83 Å². The van der Waals surface area contributed by atoms with E-state index in [1.807, 2.05) is 0 Å². The molecule has 0 unspecified atom stereocenters.